The highest BCUT2D eigenvalue weighted by atomic mass is 35.5. The molecule has 1 unspecified atom stereocenters. The zero-order valence-corrected chi connectivity index (χ0v) is 27.1. The van der Waals surface area contributed by atoms with Crippen molar-refractivity contribution in [3.05, 3.63) is 92.9 Å². The molecule has 0 aliphatic carbocycles. The normalized spacial score (nSPS) is 12.6. The van der Waals surface area contributed by atoms with Crippen LogP contribution in [-0.2, 0) is 32.3 Å². The van der Waals surface area contributed by atoms with Gasteiger partial charge in [0.15, 0.2) is 0 Å². The van der Waals surface area contributed by atoms with Crippen molar-refractivity contribution in [2.24, 2.45) is 5.92 Å². The summed E-state index contributed by atoms with van der Waals surface area (Å²) in [5.41, 5.74) is -1.43. The molecule has 1 N–H and O–H groups in total. The Bertz CT molecular complexity index is 1570. The number of hydrogen-bond acceptors (Lipinski definition) is 4. The van der Waals surface area contributed by atoms with Crippen LogP contribution in [0.1, 0.15) is 38.3 Å². The lowest BCUT2D eigenvalue weighted by atomic mass is 10.1. The number of hydrogen-bond donors (Lipinski definition) is 1. The number of halogens is 6. The van der Waals surface area contributed by atoms with Crippen molar-refractivity contribution in [1.82, 2.24) is 10.2 Å². The molecule has 0 saturated heterocycles. The summed E-state index contributed by atoms with van der Waals surface area (Å²) in [5.74, 6) is -1.32. The van der Waals surface area contributed by atoms with Crippen LogP contribution < -0.4 is 9.62 Å². The molecule has 3 aromatic carbocycles. The highest BCUT2D eigenvalue weighted by molar-refractivity contribution is 7.92. The van der Waals surface area contributed by atoms with Gasteiger partial charge in [-0.1, -0.05) is 79.8 Å². The second kappa shape index (κ2) is 14.9. The number of amides is 2. The minimum absolute atomic E-state index is 0.0909. The summed E-state index contributed by atoms with van der Waals surface area (Å²) >= 11 is 19.1. The van der Waals surface area contributed by atoms with E-state index in [-0.39, 0.29) is 38.8 Å². The van der Waals surface area contributed by atoms with E-state index in [4.69, 9.17) is 34.8 Å². The number of benzene rings is 3. The van der Waals surface area contributed by atoms with Crippen molar-refractivity contribution in [2.45, 2.75) is 50.9 Å². The van der Waals surface area contributed by atoms with Crippen LogP contribution in [0.2, 0.25) is 15.1 Å². The van der Waals surface area contributed by atoms with E-state index < -0.39 is 51.9 Å². The molecule has 0 saturated carbocycles. The van der Waals surface area contributed by atoms with Gasteiger partial charge >= 0.3 is 6.18 Å². The SMILES string of the molecule is CCC(C(=O)NCC(C)C)N(Cc1c(Cl)cccc1Cl)C(=O)CN(c1cc(C(F)(F)F)ccc1Cl)S(=O)(=O)c1ccccc1. The third kappa shape index (κ3) is 8.59. The lowest BCUT2D eigenvalue weighted by Crippen LogP contribution is -2.52. The minimum Gasteiger partial charge on any atom is -0.354 e. The Kier molecular flexibility index (Phi) is 12.0. The average Bonchev–Trinajstić information content (AvgIpc) is 2.96. The highest BCUT2D eigenvalue weighted by Crippen LogP contribution is 2.37. The molecule has 0 heterocycles. The fourth-order valence-electron chi connectivity index (χ4n) is 4.31. The summed E-state index contributed by atoms with van der Waals surface area (Å²) in [5, 5.41) is 2.83. The van der Waals surface area contributed by atoms with Gasteiger partial charge in [-0.05, 0) is 54.8 Å². The largest absolute Gasteiger partial charge is 0.416 e. The minimum atomic E-state index is -4.83. The van der Waals surface area contributed by atoms with Gasteiger partial charge < -0.3 is 10.2 Å². The van der Waals surface area contributed by atoms with Crippen LogP contribution >= 0.6 is 34.8 Å². The number of carbonyl (C=O) groups excluding carboxylic acids is 2. The fraction of sp³-hybridized carbons (Fsp3) is 0.333. The number of sulfonamides is 1. The standard InChI is InChI=1S/C30H31Cl3F3N3O4S/c1-4-26(29(41)37-16-19(2)3)38(17-22-23(31)11-8-12-24(22)32)28(40)18-39(44(42,43)21-9-6-5-7-10-21)27-15-20(30(34,35)36)13-14-25(27)33/h5-15,19,26H,4,16-18H2,1-3H3,(H,37,41). The molecule has 0 bridgehead atoms. The Morgan fingerprint density at radius 1 is 0.909 bits per heavy atom. The van der Waals surface area contributed by atoms with Crippen molar-refractivity contribution >= 4 is 62.3 Å². The van der Waals surface area contributed by atoms with Crippen molar-refractivity contribution < 1.29 is 31.2 Å². The molecule has 1 atom stereocenters. The fourth-order valence-corrected chi connectivity index (χ4v) is 6.54. The first-order valence-corrected chi connectivity index (χ1v) is 16.1. The van der Waals surface area contributed by atoms with E-state index in [9.17, 15) is 31.2 Å². The van der Waals surface area contributed by atoms with Crippen molar-refractivity contribution in [1.29, 1.82) is 0 Å². The first-order chi connectivity index (χ1) is 20.6. The van der Waals surface area contributed by atoms with Crippen LogP contribution in [-0.4, -0.2) is 44.3 Å². The predicted molar refractivity (Wildman–Crippen MR) is 166 cm³/mol. The number of nitrogens with zero attached hydrogens (tertiary/aromatic N) is 2. The molecule has 3 rings (SSSR count). The maximum atomic E-state index is 14.2. The van der Waals surface area contributed by atoms with E-state index in [0.717, 1.165) is 11.0 Å². The number of rotatable bonds is 12. The van der Waals surface area contributed by atoms with E-state index in [1.54, 1.807) is 31.2 Å². The van der Waals surface area contributed by atoms with Gasteiger partial charge in [-0.3, -0.25) is 13.9 Å². The third-order valence-electron chi connectivity index (χ3n) is 6.61. The first kappa shape index (κ1) is 35.5. The molecule has 0 spiro atoms. The molecule has 0 aromatic heterocycles. The summed E-state index contributed by atoms with van der Waals surface area (Å²) in [4.78, 5) is 28.3. The molecule has 44 heavy (non-hydrogen) atoms. The van der Waals surface area contributed by atoms with Gasteiger partial charge in [0, 0.05) is 28.7 Å². The lowest BCUT2D eigenvalue weighted by molar-refractivity contribution is -0.140. The number of nitrogens with one attached hydrogen (secondary N) is 1. The van der Waals surface area contributed by atoms with Crippen molar-refractivity contribution in [3.63, 3.8) is 0 Å². The zero-order chi connectivity index (χ0) is 32.8. The number of anilines is 1. The molecule has 238 valence electrons. The zero-order valence-electron chi connectivity index (χ0n) is 24.0. The summed E-state index contributed by atoms with van der Waals surface area (Å²) in [6.07, 6.45) is -4.71. The van der Waals surface area contributed by atoms with Crippen molar-refractivity contribution in [3.8, 4) is 0 Å². The van der Waals surface area contributed by atoms with Gasteiger partial charge in [0.1, 0.15) is 12.6 Å². The van der Waals surface area contributed by atoms with Gasteiger partial charge in [-0.25, -0.2) is 8.42 Å². The summed E-state index contributed by atoms with van der Waals surface area (Å²) in [6.45, 7) is 4.46. The second-order valence-electron chi connectivity index (χ2n) is 10.3. The molecule has 0 fully saturated rings. The monoisotopic (exact) mass is 691 g/mol. The summed E-state index contributed by atoms with van der Waals surface area (Å²) in [6, 6.07) is 12.7. The van der Waals surface area contributed by atoms with Gasteiger partial charge in [-0.15, -0.1) is 0 Å². The predicted octanol–water partition coefficient (Wildman–Crippen LogP) is 7.44. The van der Waals surface area contributed by atoms with Crippen LogP contribution in [0.3, 0.4) is 0 Å². The maximum Gasteiger partial charge on any atom is 0.416 e. The van der Waals surface area contributed by atoms with Crippen LogP contribution in [0.15, 0.2) is 71.6 Å². The number of alkyl halides is 3. The molecular weight excluding hydrogens is 662 g/mol. The Morgan fingerprint density at radius 2 is 1.52 bits per heavy atom. The molecule has 14 heteroatoms. The summed E-state index contributed by atoms with van der Waals surface area (Å²) < 4.78 is 69.5. The smallest absolute Gasteiger partial charge is 0.354 e. The van der Waals surface area contributed by atoms with Crippen LogP contribution in [0.4, 0.5) is 18.9 Å². The van der Waals surface area contributed by atoms with Crippen LogP contribution in [0, 0.1) is 5.92 Å². The molecule has 0 aliphatic heterocycles. The van der Waals surface area contributed by atoms with Gasteiger partial charge in [0.2, 0.25) is 11.8 Å². The first-order valence-electron chi connectivity index (χ1n) is 13.5. The topological polar surface area (TPSA) is 86.8 Å². The van der Waals surface area contributed by atoms with Gasteiger partial charge in [-0.2, -0.15) is 13.2 Å². The Hall–Kier alpha value is -2.99. The van der Waals surface area contributed by atoms with E-state index in [1.807, 2.05) is 13.8 Å². The maximum absolute atomic E-state index is 14.2. The Balaban J connectivity index is 2.18. The van der Waals surface area contributed by atoms with Gasteiger partial charge in [0.25, 0.3) is 10.0 Å². The Labute approximate surface area is 269 Å². The van der Waals surface area contributed by atoms with Crippen LogP contribution in [0.25, 0.3) is 0 Å². The molecule has 7 nitrogen and oxygen atoms in total. The highest BCUT2D eigenvalue weighted by Gasteiger charge is 2.37. The van der Waals surface area contributed by atoms with E-state index in [1.165, 1.54) is 24.3 Å². The number of carbonyl (C=O) groups is 2. The quantitative estimate of drug-likeness (QED) is 0.214. The molecule has 0 radical (unpaired) electrons. The third-order valence-corrected chi connectivity index (χ3v) is 9.41. The van der Waals surface area contributed by atoms with E-state index in [2.05, 4.69) is 5.32 Å². The molecule has 3 aromatic rings. The molecule has 2 amide bonds. The molecular formula is C30H31Cl3F3N3O4S. The van der Waals surface area contributed by atoms with E-state index >= 15 is 0 Å². The lowest BCUT2D eigenvalue weighted by Gasteiger charge is -2.34. The van der Waals surface area contributed by atoms with Crippen molar-refractivity contribution in [2.75, 3.05) is 17.4 Å². The van der Waals surface area contributed by atoms with Gasteiger partial charge in [0.05, 0.1) is 21.2 Å². The summed E-state index contributed by atoms with van der Waals surface area (Å²) in [7, 11) is -4.65. The second-order valence-corrected chi connectivity index (χ2v) is 13.4. The van der Waals surface area contributed by atoms with Crippen LogP contribution in [0.5, 0.6) is 0 Å². The average molecular weight is 693 g/mol. The Morgan fingerprint density at radius 3 is 2.07 bits per heavy atom. The molecule has 0 aliphatic rings. The van der Waals surface area contributed by atoms with E-state index in [0.29, 0.717) is 28.5 Å².